The lowest BCUT2D eigenvalue weighted by Gasteiger charge is -1.93. The Morgan fingerprint density at radius 3 is 2.38 bits per heavy atom. The standard InChI is InChI=1S/C7H16Si/c1-3-4-5-6-7-8-2/h3-7H2,1-2H3. The van der Waals surface area contributed by atoms with Crippen LogP contribution in [0.25, 0.3) is 0 Å². The van der Waals surface area contributed by atoms with E-state index >= 15 is 0 Å². The van der Waals surface area contributed by atoms with Crippen LogP contribution in [0.4, 0.5) is 0 Å². The third kappa shape index (κ3) is 6.22. The van der Waals surface area contributed by atoms with Crippen molar-refractivity contribution in [2.24, 2.45) is 0 Å². The van der Waals surface area contributed by atoms with E-state index < -0.39 is 0 Å². The summed E-state index contributed by atoms with van der Waals surface area (Å²) in [5, 5.41) is 0. The Hall–Kier alpha value is 0.217. The van der Waals surface area contributed by atoms with Crippen molar-refractivity contribution < 1.29 is 0 Å². The first kappa shape index (κ1) is 8.22. The molecular formula is C7H16Si. The Kier molecular flexibility index (Phi) is 7.41. The highest BCUT2D eigenvalue weighted by molar-refractivity contribution is 6.33. The monoisotopic (exact) mass is 128 g/mol. The molecule has 1 heteroatoms. The van der Waals surface area contributed by atoms with E-state index in [1.54, 1.807) is 0 Å². The van der Waals surface area contributed by atoms with Gasteiger partial charge in [0.05, 0.1) is 0 Å². The first-order valence-corrected chi connectivity index (χ1v) is 5.27. The third-order valence-corrected chi connectivity index (χ3v) is 2.13. The van der Waals surface area contributed by atoms with Crippen molar-refractivity contribution in [3.05, 3.63) is 0 Å². The van der Waals surface area contributed by atoms with Crippen molar-refractivity contribution in [1.82, 2.24) is 0 Å². The van der Waals surface area contributed by atoms with Gasteiger partial charge in [-0.15, -0.1) is 0 Å². The number of unbranched alkanes of at least 4 members (excludes halogenated alkanes) is 3. The van der Waals surface area contributed by atoms with Gasteiger partial charge < -0.3 is 0 Å². The Morgan fingerprint density at radius 2 is 1.88 bits per heavy atom. The molecular weight excluding hydrogens is 112 g/mol. The summed E-state index contributed by atoms with van der Waals surface area (Å²) in [5.74, 6) is 0. The number of rotatable bonds is 5. The van der Waals surface area contributed by atoms with Gasteiger partial charge in [-0.2, -0.15) is 0 Å². The zero-order valence-corrected chi connectivity index (χ0v) is 7.04. The summed E-state index contributed by atoms with van der Waals surface area (Å²) in [6.45, 7) is 4.54. The van der Waals surface area contributed by atoms with Crippen LogP contribution in [0.2, 0.25) is 12.6 Å². The van der Waals surface area contributed by atoms with Crippen molar-refractivity contribution in [2.75, 3.05) is 0 Å². The molecule has 0 fully saturated rings. The van der Waals surface area contributed by atoms with Gasteiger partial charge in [-0.25, -0.2) is 0 Å². The molecule has 0 aliphatic heterocycles. The van der Waals surface area contributed by atoms with E-state index in [4.69, 9.17) is 0 Å². The number of hydrogen-bond acceptors (Lipinski definition) is 0. The van der Waals surface area contributed by atoms with Crippen LogP contribution in [-0.2, 0) is 0 Å². The average Bonchev–Trinajstić information content (AvgIpc) is 1.81. The van der Waals surface area contributed by atoms with Crippen molar-refractivity contribution >= 4 is 9.52 Å². The number of hydrogen-bond donors (Lipinski definition) is 0. The summed E-state index contributed by atoms with van der Waals surface area (Å²) in [6, 6.07) is 1.46. The molecule has 0 aromatic heterocycles. The van der Waals surface area contributed by atoms with E-state index in [-0.39, 0.29) is 0 Å². The molecule has 0 nitrogen and oxygen atoms in total. The molecule has 0 spiro atoms. The molecule has 8 heavy (non-hydrogen) atoms. The van der Waals surface area contributed by atoms with E-state index in [0.29, 0.717) is 0 Å². The molecule has 0 aromatic rings. The van der Waals surface area contributed by atoms with Crippen LogP contribution in [0, 0.1) is 0 Å². The zero-order valence-electron chi connectivity index (χ0n) is 6.04. The second kappa shape index (κ2) is 7.22. The van der Waals surface area contributed by atoms with Gasteiger partial charge in [-0.1, -0.05) is 45.2 Å². The van der Waals surface area contributed by atoms with Gasteiger partial charge in [0.2, 0.25) is 0 Å². The predicted octanol–water partition coefficient (Wildman–Crippen LogP) is 2.74. The molecule has 0 rings (SSSR count). The lowest BCUT2D eigenvalue weighted by molar-refractivity contribution is 0.700. The minimum atomic E-state index is 1.17. The molecule has 2 radical (unpaired) electrons. The molecule has 0 saturated carbocycles. The Bertz CT molecular complexity index is 29.4. The molecule has 0 atom stereocenters. The largest absolute Gasteiger partial charge is 0.0733 e. The summed E-state index contributed by atoms with van der Waals surface area (Å²) < 4.78 is 0. The summed E-state index contributed by atoms with van der Waals surface area (Å²) >= 11 is 0. The Morgan fingerprint density at radius 1 is 1.12 bits per heavy atom. The maximum Gasteiger partial charge on any atom is 0.0342 e. The van der Waals surface area contributed by atoms with Crippen LogP contribution in [0.1, 0.15) is 32.6 Å². The molecule has 0 saturated heterocycles. The molecule has 0 bridgehead atoms. The van der Waals surface area contributed by atoms with E-state index in [9.17, 15) is 0 Å². The van der Waals surface area contributed by atoms with Gasteiger partial charge in [-0.05, 0) is 0 Å². The van der Waals surface area contributed by atoms with Crippen LogP contribution in [0.15, 0.2) is 0 Å². The highest BCUT2D eigenvalue weighted by atomic mass is 28.2. The molecule has 0 N–H and O–H groups in total. The quantitative estimate of drug-likeness (QED) is 0.394. The highest BCUT2D eigenvalue weighted by Gasteiger charge is 1.84. The molecule has 0 aliphatic carbocycles. The minimum Gasteiger partial charge on any atom is -0.0733 e. The molecule has 0 heterocycles. The smallest absolute Gasteiger partial charge is 0.0342 e. The fourth-order valence-corrected chi connectivity index (χ4v) is 1.33. The first-order valence-electron chi connectivity index (χ1n) is 3.56. The fraction of sp³-hybridized carbons (Fsp3) is 1.00. The van der Waals surface area contributed by atoms with Crippen LogP contribution in [-0.4, -0.2) is 9.52 Å². The van der Waals surface area contributed by atoms with Crippen LogP contribution >= 0.6 is 0 Å². The van der Waals surface area contributed by atoms with Crippen molar-refractivity contribution in [3.63, 3.8) is 0 Å². The van der Waals surface area contributed by atoms with Gasteiger partial charge in [-0.3, -0.25) is 0 Å². The van der Waals surface area contributed by atoms with Crippen LogP contribution in [0.5, 0.6) is 0 Å². The maximum absolute atomic E-state index is 2.28. The summed E-state index contributed by atoms with van der Waals surface area (Å²) in [5.41, 5.74) is 0. The molecule has 0 amide bonds. The van der Waals surface area contributed by atoms with E-state index in [2.05, 4.69) is 13.5 Å². The topological polar surface area (TPSA) is 0 Å². The highest BCUT2D eigenvalue weighted by Crippen LogP contribution is 2.01. The normalized spacial score (nSPS) is 9.75. The molecule has 0 aliphatic rings. The Balaban J connectivity index is 2.53. The lowest BCUT2D eigenvalue weighted by atomic mass is 10.2. The third-order valence-electron chi connectivity index (χ3n) is 1.28. The molecule has 0 unspecified atom stereocenters. The van der Waals surface area contributed by atoms with Gasteiger partial charge >= 0.3 is 0 Å². The minimum absolute atomic E-state index is 1.17. The van der Waals surface area contributed by atoms with E-state index in [1.165, 1.54) is 41.2 Å². The van der Waals surface area contributed by atoms with Gasteiger partial charge in [0.1, 0.15) is 0 Å². The Labute approximate surface area is 55.5 Å². The van der Waals surface area contributed by atoms with Gasteiger partial charge in [0, 0.05) is 9.52 Å². The second-order valence-electron chi connectivity index (χ2n) is 2.16. The zero-order chi connectivity index (χ0) is 6.24. The molecule has 48 valence electrons. The summed E-state index contributed by atoms with van der Waals surface area (Å²) in [4.78, 5) is 0. The summed E-state index contributed by atoms with van der Waals surface area (Å²) in [7, 11) is 1.17. The van der Waals surface area contributed by atoms with E-state index in [1.807, 2.05) is 0 Å². The first-order chi connectivity index (χ1) is 3.91. The van der Waals surface area contributed by atoms with Crippen molar-refractivity contribution in [1.29, 1.82) is 0 Å². The van der Waals surface area contributed by atoms with Crippen molar-refractivity contribution in [2.45, 2.75) is 45.2 Å². The fourth-order valence-electron chi connectivity index (χ4n) is 0.729. The van der Waals surface area contributed by atoms with E-state index in [0.717, 1.165) is 0 Å². The second-order valence-corrected chi connectivity index (χ2v) is 3.37. The molecule has 0 aromatic carbocycles. The maximum atomic E-state index is 2.28. The van der Waals surface area contributed by atoms with Gasteiger partial charge in [0.25, 0.3) is 0 Å². The summed E-state index contributed by atoms with van der Waals surface area (Å²) in [6.07, 6.45) is 5.72. The predicted molar refractivity (Wildman–Crippen MR) is 40.6 cm³/mol. The average molecular weight is 128 g/mol. The van der Waals surface area contributed by atoms with Crippen molar-refractivity contribution in [3.8, 4) is 0 Å². The van der Waals surface area contributed by atoms with Crippen LogP contribution < -0.4 is 0 Å². The van der Waals surface area contributed by atoms with Gasteiger partial charge in [0.15, 0.2) is 0 Å². The van der Waals surface area contributed by atoms with Crippen LogP contribution in [0.3, 0.4) is 0 Å². The SMILES string of the molecule is CCCCCC[Si]C. The lowest BCUT2D eigenvalue weighted by Crippen LogP contribution is -1.80.